The van der Waals surface area contributed by atoms with Crippen LogP contribution in [0.15, 0.2) is 30.3 Å². The Morgan fingerprint density at radius 1 is 1.26 bits per heavy atom. The molecule has 23 heavy (non-hydrogen) atoms. The largest absolute Gasteiger partial charge is 0.367 e. The van der Waals surface area contributed by atoms with Crippen molar-refractivity contribution >= 4 is 11.6 Å². The average Bonchev–Trinajstić information content (AvgIpc) is 2.53. The van der Waals surface area contributed by atoms with Gasteiger partial charge >= 0.3 is 0 Å². The van der Waals surface area contributed by atoms with E-state index in [1.54, 1.807) is 0 Å². The molecule has 1 aliphatic rings. The van der Waals surface area contributed by atoms with Crippen molar-refractivity contribution in [3.63, 3.8) is 0 Å². The van der Waals surface area contributed by atoms with E-state index < -0.39 is 0 Å². The number of aryl methyl sites for hydroxylation is 1. The highest BCUT2D eigenvalue weighted by Gasteiger charge is 2.24. The molecule has 2 atom stereocenters. The van der Waals surface area contributed by atoms with Gasteiger partial charge in [-0.05, 0) is 44.7 Å². The van der Waals surface area contributed by atoms with Gasteiger partial charge in [0, 0.05) is 24.7 Å². The molecule has 0 radical (unpaired) electrons. The molecule has 2 heterocycles. The average molecular weight is 310 g/mol. The van der Waals surface area contributed by atoms with E-state index in [9.17, 15) is 0 Å². The predicted molar refractivity (Wildman–Crippen MR) is 95.9 cm³/mol. The number of hydrogen-bond donors (Lipinski definition) is 1. The first kappa shape index (κ1) is 15.8. The molecule has 0 saturated carbocycles. The highest BCUT2D eigenvalue weighted by Crippen LogP contribution is 2.28. The summed E-state index contributed by atoms with van der Waals surface area (Å²) < 4.78 is 0. The van der Waals surface area contributed by atoms with Gasteiger partial charge in [-0.2, -0.15) is 0 Å². The van der Waals surface area contributed by atoms with Crippen molar-refractivity contribution in [1.82, 2.24) is 9.97 Å². The Morgan fingerprint density at radius 3 is 2.74 bits per heavy atom. The topological polar surface area (TPSA) is 41.0 Å². The van der Waals surface area contributed by atoms with Crippen LogP contribution >= 0.6 is 0 Å². The summed E-state index contributed by atoms with van der Waals surface area (Å²) in [5.41, 5.74) is 2.86. The molecule has 2 aromatic rings. The maximum atomic E-state index is 4.69. The number of aromatic nitrogens is 2. The molecule has 1 aromatic heterocycles. The number of benzene rings is 1. The minimum Gasteiger partial charge on any atom is -0.367 e. The van der Waals surface area contributed by atoms with E-state index in [1.165, 1.54) is 11.1 Å². The van der Waals surface area contributed by atoms with E-state index in [0.717, 1.165) is 36.8 Å². The van der Waals surface area contributed by atoms with E-state index in [1.807, 2.05) is 6.92 Å². The smallest absolute Gasteiger partial charge is 0.134 e. The first-order valence-electron chi connectivity index (χ1n) is 8.52. The van der Waals surface area contributed by atoms with Crippen molar-refractivity contribution in [1.29, 1.82) is 0 Å². The van der Waals surface area contributed by atoms with Crippen molar-refractivity contribution < 1.29 is 0 Å². The summed E-state index contributed by atoms with van der Waals surface area (Å²) >= 11 is 0. The van der Waals surface area contributed by atoms with Crippen LogP contribution in [0.3, 0.4) is 0 Å². The minimum atomic E-state index is 0.414. The lowest BCUT2D eigenvalue weighted by Gasteiger charge is -2.36. The molecular formula is C19H26N4. The zero-order chi connectivity index (χ0) is 16.4. The fraction of sp³-hybridized carbons (Fsp3) is 0.474. The number of hydrogen-bond acceptors (Lipinski definition) is 4. The fourth-order valence-electron chi connectivity index (χ4n) is 3.11. The van der Waals surface area contributed by atoms with Crippen LogP contribution in [0.1, 0.15) is 44.1 Å². The summed E-state index contributed by atoms with van der Waals surface area (Å²) in [6, 6.07) is 11.7. The maximum absolute atomic E-state index is 4.69. The van der Waals surface area contributed by atoms with Crippen LogP contribution in [0.25, 0.3) is 0 Å². The second kappa shape index (κ2) is 6.57. The van der Waals surface area contributed by atoms with Gasteiger partial charge in [-0.15, -0.1) is 0 Å². The molecule has 0 unspecified atom stereocenters. The fourth-order valence-corrected chi connectivity index (χ4v) is 3.11. The normalized spacial score (nSPS) is 18.4. The van der Waals surface area contributed by atoms with E-state index in [4.69, 9.17) is 0 Å². The van der Waals surface area contributed by atoms with Crippen LogP contribution in [0, 0.1) is 6.92 Å². The molecule has 0 fully saturated rings. The van der Waals surface area contributed by atoms with Gasteiger partial charge in [-0.3, -0.25) is 0 Å². The van der Waals surface area contributed by atoms with Crippen molar-refractivity contribution in [2.75, 3.05) is 10.2 Å². The van der Waals surface area contributed by atoms with E-state index in [-0.39, 0.29) is 0 Å². The summed E-state index contributed by atoms with van der Waals surface area (Å²) in [5.74, 6) is 2.76. The quantitative estimate of drug-likeness (QED) is 0.928. The SMILES string of the molecule is CC[C@H](C)Nc1cc(N2Cc3ccccc3C[C@H]2C)nc(C)n1. The van der Waals surface area contributed by atoms with Gasteiger partial charge in [-0.25, -0.2) is 9.97 Å². The minimum absolute atomic E-state index is 0.414. The summed E-state index contributed by atoms with van der Waals surface area (Å²) in [4.78, 5) is 11.6. The molecule has 1 aromatic carbocycles. The molecular weight excluding hydrogens is 284 g/mol. The van der Waals surface area contributed by atoms with Crippen LogP contribution < -0.4 is 10.2 Å². The van der Waals surface area contributed by atoms with Crippen LogP contribution in [-0.4, -0.2) is 22.1 Å². The molecule has 3 rings (SSSR count). The molecule has 1 aliphatic heterocycles. The molecule has 0 aliphatic carbocycles. The van der Waals surface area contributed by atoms with E-state index >= 15 is 0 Å². The standard InChI is InChI=1S/C19H26N4/c1-5-13(2)20-18-11-19(22-15(4)21-18)23-12-17-9-7-6-8-16(17)10-14(23)3/h6-9,11,13-14H,5,10,12H2,1-4H3,(H,20,21,22)/t13-,14+/m0/s1. The number of anilines is 2. The Labute approximate surface area is 139 Å². The summed E-state index contributed by atoms with van der Waals surface area (Å²) in [6.45, 7) is 9.51. The number of nitrogens with zero attached hydrogens (tertiary/aromatic N) is 3. The highest BCUT2D eigenvalue weighted by atomic mass is 15.2. The highest BCUT2D eigenvalue weighted by molar-refractivity contribution is 5.52. The van der Waals surface area contributed by atoms with Gasteiger partial charge in [-0.1, -0.05) is 31.2 Å². The Kier molecular flexibility index (Phi) is 4.51. The Balaban J connectivity index is 1.89. The molecule has 122 valence electrons. The van der Waals surface area contributed by atoms with Crippen LogP contribution in [-0.2, 0) is 13.0 Å². The van der Waals surface area contributed by atoms with E-state index in [0.29, 0.717) is 12.1 Å². The number of nitrogens with one attached hydrogen (secondary N) is 1. The Bertz CT molecular complexity index is 683. The lowest BCUT2D eigenvalue weighted by atomic mass is 9.95. The van der Waals surface area contributed by atoms with Gasteiger partial charge in [0.25, 0.3) is 0 Å². The zero-order valence-corrected chi connectivity index (χ0v) is 14.5. The van der Waals surface area contributed by atoms with Gasteiger partial charge in [0.15, 0.2) is 0 Å². The molecule has 0 bridgehead atoms. The van der Waals surface area contributed by atoms with Crippen molar-refractivity contribution in [3.05, 3.63) is 47.3 Å². The number of rotatable bonds is 4. The van der Waals surface area contributed by atoms with Crippen LogP contribution in [0.2, 0.25) is 0 Å². The third-order valence-electron chi connectivity index (χ3n) is 4.63. The third kappa shape index (κ3) is 3.46. The van der Waals surface area contributed by atoms with Crippen molar-refractivity contribution in [2.24, 2.45) is 0 Å². The summed E-state index contributed by atoms with van der Waals surface area (Å²) in [7, 11) is 0. The van der Waals surface area contributed by atoms with Gasteiger partial charge in [0.2, 0.25) is 0 Å². The van der Waals surface area contributed by atoms with Crippen molar-refractivity contribution in [3.8, 4) is 0 Å². The zero-order valence-electron chi connectivity index (χ0n) is 14.5. The molecule has 0 amide bonds. The van der Waals surface area contributed by atoms with Crippen LogP contribution in [0.5, 0.6) is 0 Å². The summed E-state index contributed by atoms with van der Waals surface area (Å²) in [6.07, 6.45) is 2.14. The first-order chi connectivity index (χ1) is 11.1. The van der Waals surface area contributed by atoms with Crippen molar-refractivity contribution in [2.45, 2.75) is 59.2 Å². The second-order valence-corrected chi connectivity index (χ2v) is 6.56. The molecule has 0 spiro atoms. The predicted octanol–water partition coefficient (Wildman–Crippen LogP) is 3.95. The molecule has 4 heteroatoms. The third-order valence-corrected chi connectivity index (χ3v) is 4.63. The van der Waals surface area contributed by atoms with Gasteiger partial charge < -0.3 is 10.2 Å². The molecule has 4 nitrogen and oxygen atoms in total. The maximum Gasteiger partial charge on any atom is 0.134 e. The van der Waals surface area contributed by atoms with Gasteiger partial charge in [0.1, 0.15) is 17.5 Å². The van der Waals surface area contributed by atoms with Gasteiger partial charge in [0.05, 0.1) is 0 Å². The monoisotopic (exact) mass is 310 g/mol. The Hall–Kier alpha value is -2.10. The Morgan fingerprint density at radius 2 is 2.00 bits per heavy atom. The molecule has 1 N–H and O–H groups in total. The van der Waals surface area contributed by atoms with E-state index in [2.05, 4.69) is 71.3 Å². The van der Waals surface area contributed by atoms with Crippen LogP contribution in [0.4, 0.5) is 11.6 Å². The number of fused-ring (bicyclic) bond motifs is 1. The molecule has 0 saturated heterocycles. The first-order valence-corrected chi connectivity index (χ1v) is 8.52. The lowest BCUT2D eigenvalue weighted by Crippen LogP contribution is -2.39. The summed E-state index contributed by atoms with van der Waals surface area (Å²) in [5, 5.41) is 3.47. The lowest BCUT2D eigenvalue weighted by molar-refractivity contribution is 0.585. The second-order valence-electron chi connectivity index (χ2n) is 6.56.